The summed E-state index contributed by atoms with van der Waals surface area (Å²) in [6.07, 6.45) is -0.158. The van der Waals surface area contributed by atoms with Gasteiger partial charge < -0.3 is 20.1 Å². The number of hydrogen-bond donors (Lipinski definition) is 2. The lowest BCUT2D eigenvalue weighted by atomic mass is 10.0. The number of carbonyl (C=O) groups is 3. The van der Waals surface area contributed by atoms with Gasteiger partial charge in [0.05, 0.1) is 13.0 Å². The highest BCUT2D eigenvalue weighted by molar-refractivity contribution is 5.81. The summed E-state index contributed by atoms with van der Waals surface area (Å²) < 4.78 is 4.83. The number of aliphatic carboxylic acids is 1. The van der Waals surface area contributed by atoms with Gasteiger partial charge in [0, 0.05) is 12.1 Å². The van der Waals surface area contributed by atoms with Crippen LogP contribution in [0.5, 0.6) is 0 Å². The second-order valence-corrected chi connectivity index (χ2v) is 5.42. The maximum absolute atomic E-state index is 12.2. The normalized spacial score (nSPS) is 12.1. The molecule has 0 aromatic heterocycles. The Hall–Kier alpha value is -1.79. The van der Waals surface area contributed by atoms with E-state index >= 15 is 0 Å². The van der Waals surface area contributed by atoms with Crippen LogP contribution < -0.4 is 5.32 Å². The van der Waals surface area contributed by atoms with Crippen molar-refractivity contribution in [2.24, 2.45) is 5.92 Å². The first-order chi connectivity index (χ1) is 9.68. The molecular weight excluding hydrogens is 276 g/mol. The topological polar surface area (TPSA) is 95.9 Å². The van der Waals surface area contributed by atoms with E-state index in [0.717, 1.165) is 0 Å². The summed E-state index contributed by atoms with van der Waals surface area (Å²) in [7, 11) is 0. The number of esters is 1. The SMILES string of the molecule is CCOC(=O)CN(C(=O)NC(CC(=O)O)C(C)C)C(C)C. The van der Waals surface area contributed by atoms with E-state index in [1.54, 1.807) is 20.8 Å². The molecule has 2 N–H and O–H groups in total. The van der Waals surface area contributed by atoms with E-state index in [1.165, 1.54) is 4.90 Å². The Balaban J connectivity index is 4.79. The van der Waals surface area contributed by atoms with Crippen LogP contribution in [-0.2, 0) is 14.3 Å². The minimum Gasteiger partial charge on any atom is -0.481 e. The van der Waals surface area contributed by atoms with Crippen molar-refractivity contribution < 1.29 is 24.2 Å². The fourth-order valence-electron chi connectivity index (χ4n) is 1.72. The van der Waals surface area contributed by atoms with Crippen LogP contribution in [0.4, 0.5) is 4.79 Å². The minimum absolute atomic E-state index is 0.0262. The molecule has 7 heteroatoms. The van der Waals surface area contributed by atoms with Crippen molar-refractivity contribution in [2.45, 2.75) is 53.1 Å². The molecule has 0 radical (unpaired) electrons. The minimum atomic E-state index is -0.976. The zero-order valence-electron chi connectivity index (χ0n) is 13.4. The summed E-state index contributed by atoms with van der Waals surface area (Å²) in [5.41, 5.74) is 0. The van der Waals surface area contributed by atoms with E-state index in [-0.39, 0.29) is 31.5 Å². The van der Waals surface area contributed by atoms with E-state index < -0.39 is 24.0 Å². The van der Waals surface area contributed by atoms with E-state index in [2.05, 4.69) is 5.32 Å². The van der Waals surface area contributed by atoms with Crippen LogP contribution in [0.3, 0.4) is 0 Å². The fraction of sp³-hybridized carbons (Fsp3) is 0.786. The van der Waals surface area contributed by atoms with Gasteiger partial charge in [-0.3, -0.25) is 9.59 Å². The van der Waals surface area contributed by atoms with Gasteiger partial charge in [-0.2, -0.15) is 0 Å². The Morgan fingerprint density at radius 1 is 1.19 bits per heavy atom. The largest absolute Gasteiger partial charge is 0.481 e. The summed E-state index contributed by atoms with van der Waals surface area (Å²) in [6.45, 7) is 9.01. The Morgan fingerprint density at radius 3 is 2.14 bits per heavy atom. The Morgan fingerprint density at radius 2 is 1.76 bits per heavy atom. The third-order valence-corrected chi connectivity index (χ3v) is 3.00. The highest BCUT2D eigenvalue weighted by Gasteiger charge is 2.25. The molecule has 0 aliphatic rings. The molecule has 0 fully saturated rings. The van der Waals surface area contributed by atoms with Gasteiger partial charge in [-0.15, -0.1) is 0 Å². The second-order valence-electron chi connectivity index (χ2n) is 5.42. The molecule has 0 aliphatic heterocycles. The molecule has 1 atom stereocenters. The number of nitrogens with zero attached hydrogens (tertiary/aromatic N) is 1. The van der Waals surface area contributed by atoms with Crippen molar-refractivity contribution in [1.29, 1.82) is 0 Å². The van der Waals surface area contributed by atoms with Gasteiger partial charge in [0.2, 0.25) is 0 Å². The standard InChI is InChI=1S/C14H26N2O5/c1-6-21-13(19)8-16(10(4)5)14(20)15-11(9(2)3)7-12(17)18/h9-11H,6-8H2,1-5H3,(H,15,20)(H,17,18). The Bertz CT molecular complexity index is 368. The Labute approximate surface area is 125 Å². The van der Waals surface area contributed by atoms with Crippen molar-refractivity contribution in [3.8, 4) is 0 Å². The molecule has 21 heavy (non-hydrogen) atoms. The average molecular weight is 302 g/mol. The first kappa shape index (κ1) is 19.2. The van der Waals surface area contributed by atoms with Crippen LogP contribution in [0.2, 0.25) is 0 Å². The quantitative estimate of drug-likeness (QED) is 0.662. The molecule has 7 nitrogen and oxygen atoms in total. The van der Waals surface area contributed by atoms with E-state index in [4.69, 9.17) is 9.84 Å². The lowest BCUT2D eigenvalue weighted by Crippen LogP contribution is -2.51. The van der Waals surface area contributed by atoms with Crippen molar-refractivity contribution in [2.75, 3.05) is 13.2 Å². The predicted molar refractivity (Wildman–Crippen MR) is 77.9 cm³/mol. The highest BCUT2D eigenvalue weighted by atomic mass is 16.5. The molecule has 122 valence electrons. The molecular formula is C14H26N2O5. The van der Waals surface area contributed by atoms with Gasteiger partial charge in [0.1, 0.15) is 6.54 Å². The maximum atomic E-state index is 12.2. The smallest absolute Gasteiger partial charge is 0.325 e. The summed E-state index contributed by atoms with van der Waals surface area (Å²) in [5, 5.41) is 11.5. The monoisotopic (exact) mass is 302 g/mol. The van der Waals surface area contributed by atoms with E-state index in [1.807, 2.05) is 13.8 Å². The third-order valence-electron chi connectivity index (χ3n) is 3.00. The first-order valence-electron chi connectivity index (χ1n) is 7.13. The third kappa shape index (κ3) is 7.53. The molecule has 0 saturated carbocycles. The van der Waals surface area contributed by atoms with Crippen molar-refractivity contribution in [3.63, 3.8) is 0 Å². The number of ether oxygens (including phenoxy) is 1. The average Bonchev–Trinajstić information content (AvgIpc) is 2.34. The van der Waals surface area contributed by atoms with Crippen molar-refractivity contribution >= 4 is 18.0 Å². The van der Waals surface area contributed by atoms with Crippen LogP contribution in [0.15, 0.2) is 0 Å². The molecule has 0 rings (SSSR count). The van der Waals surface area contributed by atoms with Gasteiger partial charge in [0.15, 0.2) is 0 Å². The lowest BCUT2D eigenvalue weighted by molar-refractivity contribution is -0.144. The van der Waals surface area contributed by atoms with Crippen molar-refractivity contribution in [1.82, 2.24) is 10.2 Å². The number of carboxylic acid groups (broad SMARTS) is 1. The Kier molecular flexibility index (Phi) is 8.42. The molecule has 0 bridgehead atoms. The second kappa shape index (κ2) is 9.20. The van der Waals surface area contributed by atoms with Crippen LogP contribution in [0, 0.1) is 5.92 Å². The molecule has 0 saturated heterocycles. The summed E-state index contributed by atoms with van der Waals surface area (Å²) in [6, 6.07) is -1.15. The maximum Gasteiger partial charge on any atom is 0.325 e. The highest BCUT2D eigenvalue weighted by Crippen LogP contribution is 2.08. The zero-order valence-corrected chi connectivity index (χ0v) is 13.4. The van der Waals surface area contributed by atoms with Crippen LogP contribution in [0.25, 0.3) is 0 Å². The van der Waals surface area contributed by atoms with Gasteiger partial charge in [-0.1, -0.05) is 13.8 Å². The van der Waals surface area contributed by atoms with E-state index in [9.17, 15) is 14.4 Å². The molecule has 1 unspecified atom stereocenters. The molecule has 2 amide bonds. The summed E-state index contributed by atoms with van der Waals surface area (Å²) in [5.74, 6) is -1.49. The number of rotatable bonds is 8. The molecule has 0 aromatic carbocycles. The number of amides is 2. The molecule has 0 heterocycles. The lowest BCUT2D eigenvalue weighted by Gasteiger charge is -2.29. The number of hydrogen-bond acceptors (Lipinski definition) is 4. The van der Waals surface area contributed by atoms with Gasteiger partial charge in [-0.25, -0.2) is 4.79 Å². The van der Waals surface area contributed by atoms with Gasteiger partial charge >= 0.3 is 18.0 Å². The van der Waals surface area contributed by atoms with Gasteiger partial charge in [-0.05, 0) is 26.7 Å². The first-order valence-corrected chi connectivity index (χ1v) is 7.13. The zero-order chi connectivity index (χ0) is 16.6. The number of nitrogens with one attached hydrogen (secondary N) is 1. The van der Waals surface area contributed by atoms with Crippen molar-refractivity contribution in [3.05, 3.63) is 0 Å². The van der Waals surface area contributed by atoms with Gasteiger partial charge in [0.25, 0.3) is 0 Å². The molecule has 0 spiro atoms. The molecule has 0 aliphatic carbocycles. The molecule has 0 aromatic rings. The summed E-state index contributed by atoms with van der Waals surface area (Å²) in [4.78, 5) is 35.9. The summed E-state index contributed by atoms with van der Waals surface area (Å²) >= 11 is 0. The van der Waals surface area contributed by atoms with E-state index in [0.29, 0.717) is 0 Å². The number of carboxylic acids is 1. The fourth-order valence-corrected chi connectivity index (χ4v) is 1.72. The van der Waals surface area contributed by atoms with Crippen LogP contribution in [-0.4, -0.2) is 53.2 Å². The van der Waals surface area contributed by atoms with Crippen LogP contribution >= 0.6 is 0 Å². The van der Waals surface area contributed by atoms with Crippen LogP contribution in [0.1, 0.15) is 41.0 Å². The number of carbonyl (C=O) groups excluding carboxylic acids is 2. The predicted octanol–water partition coefficient (Wildman–Crippen LogP) is 1.47. The number of urea groups is 1.